The molecule has 0 bridgehead atoms. The molecule has 2 aliphatic heterocycles. The van der Waals surface area contributed by atoms with Crippen LogP contribution in [0, 0.1) is 13.8 Å². The van der Waals surface area contributed by atoms with E-state index in [1.54, 1.807) is 7.11 Å². The van der Waals surface area contributed by atoms with E-state index < -0.39 is 0 Å². The summed E-state index contributed by atoms with van der Waals surface area (Å²) in [5.74, 6) is 0.210. The Kier molecular flexibility index (Phi) is 6.33. The molecule has 0 atom stereocenters. The zero-order chi connectivity index (χ0) is 22.8. The van der Waals surface area contributed by atoms with Gasteiger partial charge < -0.3 is 14.5 Å². The maximum Gasteiger partial charge on any atom is 0.278 e. The van der Waals surface area contributed by atoms with Gasteiger partial charge in [0, 0.05) is 31.7 Å². The van der Waals surface area contributed by atoms with Crippen molar-refractivity contribution < 1.29 is 14.3 Å². The Hall–Kier alpha value is -3.12. The number of para-hydroxylation sites is 1. The second-order valence-electron chi connectivity index (χ2n) is 8.45. The number of carbonyl (C=O) groups is 2. The number of aryl methyl sites for hydroxylation is 2. The van der Waals surface area contributed by atoms with Gasteiger partial charge in [0.05, 0.1) is 19.2 Å². The summed E-state index contributed by atoms with van der Waals surface area (Å²) in [5, 5.41) is 0. The maximum atomic E-state index is 13.7. The maximum absolute atomic E-state index is 13.7. The minimum Gasteiger partial charge on any atom is -0.496 e. The van der Waals surface area contributed by atoms with Crippen molar-refractivity contribution in [3.8, 4) is 5.75 Å². The van der Waals surface area contributed by atoms with E-state index in [-0.39, 0.29) is 18.4 Å². The van der Waals surface area contributed by atoms with Crippen LogP contribution in [0.5, 0.6) is 5.75 Å². The molecule has 0 aromatic heterocycles. The Bertz CT molecular complexity index is 1070. The third kappa shape index (κ3) is 4.02. The number of ether oxygens (including phenoxy) is 1. The number of methoxy groups -OCH3 is 1. The Morgan fingerprint density at radius 3 is 2.28 bits per heavy atom. The summed E-state index contributed by atoms with van der Waals surface area (Å²) in [5.41, 5.74) is 4.93. The molecule has 0 aliphatic carbocycles. The molecular formula is C26H31N3O3. The van der Waals surface area contributed by atoms with E-state index in [2.05, 4.69) is 16.7 Å². The molecular weight excluding hydrogens is 402 g/mol. The minimum atomic E-state index is -0.239. The van der Waals surface area contributed by atoms with E-state index in [4.69, 9.17) is 4.74 Å². The van der Waals surface area contributed by atoms with Crippen molar-refractivity contribution in [2.24, 2.45) is 0 Å². The van der Waals surface area contributed by atoms with Gasteiger partial charge in [-0.2, -0.15) is 0 Å². The van der Waals surface area contributed by atoms with E-state index in [1.165, 1.54) is 4.90 Å². The molecule has 168 valence electrons. The average Bonchev–Trinajstić information content (AvgIpc) is 3.06. The first kappa shape index (κ1) is 22.1. The summed E-state index contributed by atoms with van der Waals surface area (Å²) in [6.45, 7) is 10.6. The highest BCUT2D eigenvalue weighted by Gasteiger charge is 2.42. The van der Waals surface area contributed by atoms with E-state index in [9.17, 15) is 9.59 Å². The second-order valence-corrected chi connectivity index (χ2v) is 8.45. The molecule has 1 fully saturated rings. The first-order chi connectivity index (χ1) is 15.4. The van der Waals surface area contributed by atoms with Gasteiger partial charge in [0.2, 0.25) is 0 Å². The molecule has 0 unspecified atom stereocenters. The largest absolute Gasteiger partial charge is 0.496 e. The van der Waals surface area contributed by atoms with Gasteiger partial charge >= 0.3 is 0 Å². The molecule has 2 aromatic rings. The number of hydrogen-bond acceptors (Lipinski definition) is 5. The molecule has 2 amide bonds. The minimum absolute atomic E-state index is 0.189. The average molecular weight is 434 g/mol. The Morgan fingerprint density at radius 1 is 0.906 bits per heavy atom. The number of nitrogens with zero attached hydrogens (tertiary/aromatic N) is 3. The molecule has 2 heterocycles. The fourth-order valence-corrected chi connectivity index (χ4v) is 4.45. The molecule has 2 aromatic carbocycles. The second kappa shape index (κ2) is 9.17. The first-order valence-electron chi connectivity index (χ1n) is 11.2. The number of carbonyl (C=O) groups excluding carboxylic acids is 2. The third-order valence-electron chi connectivity index (χ3n) is 6.60. The highest BCUT2D eigenvalue weighted by atomic mass is 16.5. The quantitative estimate of drug-likeness (QED) is 0.655. The lowest BCUT2D eigenvalue weighted by Crippen LogP contribution is -2.47. The number of rotatable bonds is 6. The highest BCUT2D eigenvalue weighted by Crippen LogP contribution is 2.34. The number of likely N-dealkylation sites (N-methyl/N-ethyl adjacent to an activating group) is 1. The summed E-state index contributed by atoms with van der Waals surface area (Å²) in [6.07, 6.45) is 0. The summed E-state index contributed by atoms with van der Waals surface area (Å²) in [6, 6.07) is 13.5. The van der Waals surface area contributed by atoms with Crippen molar-refractivity contribution >= 4 is 17.4 Å². The molecule has 0 N–H and O–H groups in total. The van der Waals surface area contributed by atoms with Gasteiger partial charge in [0.15, 0.2) is 0 Å². The highest BCUT2D eigenvalue weighted by molar-refractivity contribution is 6.35. The normalized spacial score (nSPS) is 17.5. The lowest BCUT2D eigenvalue weighted by molar-refractivity contribution is -0.138. The molecule has 4 rings (SSSR count). The summed E-state index contributed by atoms with van der Waals surface area (Å²) in [4.78, 5) is 33.1. The van der Waals surface area contributed by atoms with E-state index in [0.717, 1.165) is 55.0 Å². The van der Waals surface area contributed by atoms with Crippen LogP contribution in [0.3, 0.4) is 0 Å². The lowest BCUT2D eigenvalue weighted by atomic mass is 9.99. The standard InChI is InChI=1S/C26H31N3O3/c1-5-27-12-14-28(15-13-27)24-23(20-11-10-18(2)19(3)16-20)25(30)29(26(24)31)17-21-8-6-7-9-22(21)32-4/h6-11,16H,5,12-15,17H2,1-4H3. The zero-order valence-corrected chi connectivity index (χ0v) is 19.4. The predicted octanol–water partition coefficient (Wildman–Crippen LogP) is 3.23. The van der Waals surface area contributed by atoms with Crippen LogP contribution in [0.4, 0.5) is 0 Å². The fourth-order valence-electron chi connectivity index (χ4n) is 4.45. The molecule has 2 aliphatic rings. The predicted molar refractivity (Wildman–Crippen MR) is 125 cm³/mol. The van der Waals surface area contributed by atoms with E-state index in [0.29, 0.717) is 17.0 Å². The van der Waals surface area contributed by atoms with Crippen molar-refractivity contribution in [1.29, 1.82) is 0 Å². The fraction of sp³-hybridized carbons (Fsp3) is 0.385. The van der Waals surface area contributed by atoms with Crippen LogP contribution in [0.2, 0.25) is 0 Å². The zero-order valence-electron chi connectivity index (χ0n) is 19.4. The van der Waals surface area contributed by atoms with Crippen LogP contribution in [0.15, 0.2) is 48.2 Å². The van der Waals surface area contributed by atoms with Gasteiger partial charge in [-0.25, -0.2) is 0 Å². The van der Waals surface area contributed by atoms with Gasteiger partial charge in [-0.3, -0.25) is 14.5 Å². The summed E-state index contributed by atoms with van der Waals surface area (Å²) < 4.78 is 5.45. The van der Waals surface area contributed by atoms with Gasteiger partial charge in [-0.1, -0.05) is 43.3 Å². The van der Waals surface area contributed by atoms with E-state index >= 15 is 0 Å². The molecule has 32 heavy (non-hydrogen) atoms. The number of benzene rings is 2. The molecule has 6 nitrogen and oxygen atoms in total. The van der Waals surface area contributed by atoms with Gasteiger partial charge in [0.1, 0.15) is 11.4 Å². The summed E-state index contributed by atoms with van der Waals surface area (Å²) >= 11 is 0. The molecule has 0 spiro atoms. The lowest BCUT2D eigenvalue weighted by Gasteiger charge is -2.36. The number of imide groups is 1. The Balaban J connectivity index is 1.73. The number of amides is 2. The van der Waals surface area contributed by atoms with Crippen molar-refractivity contribution in [2.45, 2.75) is 27.3 Å². The van der Waals surface area contributed by atoms with Crippen molar-refractivity contribution in [2.75, 3.05) is 39.8 Å². The van der Waals surface area contributed by atoms with Gasteiger partial charge in [-0.15, -0.1) is 0 Å². The summed E-state index contributed by atoms with van der Waals surface area (Å²) in [7, 11) is 1.60. The number of hydrogen-bond donors (Lipinski definition) is 0. The van der Waals surface area contributed by atoms with Crippen LogP contribution in [0.25, 0.3) is 5.57 Å². The van der Waals surface area contributed by atoms with Crippen LogP contribution in [-0.2, 0) is 16.1 Å². The Labute approximate surface area is 190 Å². The van der Waals surface area contributed by atoms with E-state index in [1.807, 2.05) is 56.3 Å². The van der Waals surface area contributed by atoms with Crippen LogP contribution < -0.4 is 4.74 Å². The molecule has 0 saturated carbocycles. The molecule has 6 heteroatoms. The third-order valence-corrected chi connectivity index (χ3v) is 6.60. The number of piperazine rings is 1. The smallest absolute Gasteiger partial charge is 0.278 e. The topological polar surface area (TPSA) is 53.1 Å². The SMILES string of the molecule is CCN1CCN(C2=C(c3ccc(C)c(C)c3)C(=O)N(Cc3ccccc3OC)C2=O)CC1. The van der Waals surface area contributed by atoms with Crippen molar-refractivity contribution in [3.63, 3.8) is 0 Å². The molecule has 1 saturated heterocycles. The van der Waals surface area contributed by atoms with Gasteiger partial charge in [0.25, 0.3) is 11.8 Å². The van der Waals surface area contributed by atoms with Crippen molar-refractivity contribution in [3.05, 3.63) is 70.4 Å². The van der Waals surface area contributed by atoms with Crippen molar-refractivity contribution in [1.82, 2.24) is 14.7 Å². The van der Waals surface area contributed by atoms with Gasteiger partial charge in [-0.05, 0) is 43.1 Å². The van der Waals surface area contributed by atoms with Crippen LogP contribution in [0.1, 0.15) is 29.2 Å². The first-order valence-corrected chi connectivity index (χ1v) is 11.2. The Morgan fingerprint density at radius 2 is 1.62 bits per heavy atom. The molecule has 0 radical (unpaired) electrons. The monoisotopic (exact) mass is 433 g/mol. The van der Waals surface area contributed by atoms with Crippen LogP contribution in [-0.4, -0.2) is 66.3 Å². The van der Waals surface area contributed by atoms with Crippen LogP contribution >= 0.6 is 0 Å².